The first-order chi connectivity index (χ1) is 14.8. The van der Waals surface area contributed by atoms with Gasteiger partial charge in [-0.15, -0.1) is 0 Å². The molecule has 0 bridgehead atoms. The second kappa shape index (κ2) is 26.0. The van der Waals surface area contributed by atoms with Crippen LogP contribution in [0.5, 0.6) is 0 Å². The Morgan fingerprint density at radius 1 is 0.567 bits per heavy atom. The molecule has 7 heteroatoms. The molecule has 0 radical (unpaired) electrons. The van der Waals surface area contributed by atoms with Gasteiger partial charge in [-0.05, 0) is 6.42 Å². The molecule has 178 valence electrons. The zero-order valence-electron chi connectivity index (χ0n) is 19.1. The van der Waals surface area contributed by atoms with Crippen LogP contribution in [-0.2, 0) is 33.2 Å². The van der Waals surface area contributed by atoms with Gasteiger partial charge in [-0.1, -0.05) is 58.4 Å². The summed E-state index contributed by atoms with van der Waals surface area (Å²) >= 11 is 0. The van der Waals surface area contributed by atoms with Gasteiger partial charge in [0, 0.05) is 12.7 Å². The summed E-state index contributed by atoms with van der Waals surface area (Å²) in [6.07, 6.45) is 11.7. The van der Waals surface area contributed by atoms with Gasteiger partial charge in [-0.2, -0.15) is 0 Å². The predicted octanol–water partition coefficient (Wildman–Crippen LogP) is 3.94. The van der Waals surface area contributed by atoms with Crippen LogP contribution in [0.2, 0.25) is 0 Å². The summed E-state index contributed by atoms with van der Waals surface area (Å²) in [4.78, 5) is 10.8. The number of rotatable bonds is 25. The lowest BCUT2D eigenvalue weighted by atomic mass is 10.1. The van der Waals surface area contributed by atoms with Gasteiger partial charge in [0.1, 0.15) is 6.61 Å². The lowest BCUT2D eigenvalue weighted by Gasteiger charge is -2.08. The van der Waals surface area contributed by atoms with Crippen molar-refractivity contribution in [3.8, 4) is 0 Å². The zero-order chi connectivity index (χ0) is 22.0. The maximum Gasteiger partial charge on any atom is 0.330 e. The van der Waals surface area contributed by atoms with Gasteiger partial charge >= 0.3 is 5.97 Å². The fourth-order valence-corrected chi connectivity index (χ4v) is 2.58. The molecule has 0 amide bonds. The van der Waals surface area contributed by atoms with Crippen molar-refractivity contribution in [3.63, 3.8) is 0 Å². The molecule has 7 nitrogen and oxygen atoms in total. The van der Waals surface area contributed by atoms with Gasteiger partial charge in [-0.3, -0.25) is 0 Å². The van der Waals surface area contributed by atoms with Gasteiger partial charge in [0.05, 0.1) is 59.5 Å². The van der Waals surface area contributed by atoms with E-state index in [1.165, 1.54) is 44.9 Å². The van der Waals surface area contributed by atoms with Crippen LogP contribution in [-0.4, -0.2) is 78.6 Å². The van der Waals surface area contributed by atoms with E-state index in [9.17, 15) is 4.79 Å². The zero-order valence-corrected chi connectivity index (χ0v) is 19.1. The lowest BCUT2D eigenvalue weighted by Crippen LogP contribution is -2.14. The highest BCUT2D eigenvalue weighted by molar-refractivity contribution is 5.81. The van der Waals surface area contributed by atoms with E-state index in [1.54, 1.807) is 0 Å². The van der Waals surface area contributed by atoms with E-state index in [0.29, 0.717) is 59.5 Å². The Kier molecular flexibility index (Phi) is 25.2. The molecule has 0 spiro atoms. The highest BCUT2D eigenvalue weighted by Gasteiger charge is 1.96. The fraction of sp³-hybridized carbons (Fsp3) is 0.870. The van der Waals surface area contributed by atoms with Crippen LogP contribution < -0.4 is 0 Å². The molecule has 0 heterocycles. The molecule has 30 heavy (non-hydrogen) atoms. The van der Waals surface area contributed by atoms with E-state index >= 15 is 0 Å². The van der Waals surface area contributed by atoms with Crippen LogP contribution in [0.4, 0.5) is 0 Å². The number of carbonyl (C=O) groups is 1. The third-order valence-corrected chi connectivity index (χ3v) is 4.27. The lowest BCUT2D eigenvalue weighted by molar-refractivity contribution is -0.139. The van der Waals surface area contributed by atoms with Gasteiger partial charge < -0.3 is 28.4 Å². The summed E-state index contributed by atoms with van der Waals surface area (Å²) in [5, 5.41) is 0. The van der Waals surface area contributed by atoms with Crippen molar-refractivity contribution < 1.29 is 33.2 Å². The molecule has 0 rings (SSSR count). The van der Waals surface area contributed by atoms with Crippen LogP contribution in [0.1, 0.15) is 58.3 Å². The number of hydrogen-bond donors (Lipinski definition) is 0. The molecule has 0 aromatic carbocycles. The van der Waals surface area contributed by atoms with Crippen LogP contribution in [0.3, 0.4) is 0 Å². The Morgan fingerprint density at radius 3 is 1.37 bits per heavy atom. The van der Waals surface area contributed by atoms with Gasteiger partial charge in [0.2, 0.25) is 0 Å². The van der Waals surface area contributed by atoms with E-state index in [-0.39, 0.29) is 6.61 Å². The minimum absolute atomic E-state index is 0.220. The smallest absolute Gasteiger partial charge is 0.330 e. The van der Waals surface area contributed by atoms with Crippen LogP contribution in [0.25, 0.3) is 0 Å². The second-order valence-corrected chi connectivity index (χ2v) is 6.91. The van der Waals surface area contributed by atoms with E-state index in [0.717, 1.165) is 19.1 Å². The standard InChI is InChI=1S/C23H44O7/c1-3-5-6-7-8-9-10-11-12-25-13-14-26-15-16-27-17-18-28-19-20-29-21-22-30-23(24)4-2/h4H,2-3,5-22H2,1H3. The number of esters is 1. The predicted molar refractivity (Wildman–Crippen MR) is 118 cm³/mol. The SMILES string of the molecule is C=CC(=O)OCCOCCOCCOCCOCCOCCCCCCCCCC. The Hall–Kier alpha value is -0.990. The first-order valence-corrected chi connectivity index (χ1v) is 11.5. The summed E-state index contributed by atoms with van der Waals surface area (Å²) in [7, 11) is 0. The first-order valence-electron chi connectivity index (χ1n) is 11.5. The highest BCUT2D eigenvalue weighted by Crippen LogP contribution is 2.08. The molecule has 0 aromatic rings. The quantitative estimate of drug-likeness (QED) is 0.123. The normalized spacial score (nSPS) is 11.0. The van der Waals surface area contributed by atoms with Crippen molar-refractivity contribution in [2.24, 2.45) is 0 Å². The maximum atomic E-state index is 10.8. The average Bonchev–Trinajstić information content (AvgIpc) is 2.76. The number of hydrogen-bond acceptors (Lipinski definition) is 7. The van der Waals surface area contributed by atoms with E-state index in [4.69, 9.17) is 28.4 Å². The molecule has 0 saturated heterocycles. The third kappa shape index (κ3) is 25.0. The third-order valence-electron chi connectivity index (χ3n) is 4.27. The summed E-state index contributed by atoms with van der Waals surface area (Å²) in [5.41, 5.74) is 0. The molecule has 0 aromatic heterocycles. The maximum absolute atomic E-state index is 10.8. The van der Waals surface area contributed by atoms with E-state index in [2.05, 4.69) is 13.5 Å². The average molecular weight is 433 g/mol. The second-order valence-electron chi connectivity index (χ2n) is 6.91. The van der Waals surface area contributed by atoms with E-state index < -0.39 is 5.97 Å². The monoisotopic (exact) mass is 432 g/mol. The topological polar surface area (TPSA) is 72.5 Å². The Morgan fingerprint density at radius 2 is 0.933 bits per heavy atom. The van der Waals surface area contributed by atoms with Crippen molar-refractivity contribution >= 4 is 5.97 Å². The van der Waals surface area contributed by atoms with Crippen LogP contribution in [0, 0.1) is 0 Å². The van der Waals surface area contributed by atoms with Crippen molar-refractivity contribution in [3.05, 3.63) is 12.7 Å². The van der Waals surface area contributed by atoms with E-state index in [1.807, 2.05) is 0 Å². The first kappa shape index (κ1) is 29.0. The molecule has 0 saturated carbocycles. The fourth-order valence-electron chi connectivity index (χ4n) is 2.58. The molecule has 0 N–H and O–H groups in total. The molecular weight excluding hydrogens is 388 g/mol. The summed E-state index contributed by atoms with van der Waals surface area (Å²) in [6.45, 7) is 11.3. The molecule has 0 aliphatic carbocycles. The summed E-state index contributed by atoms with van der Waals surface area (Å²) in [6, 6.07) is 0. The molecule has 0 fully saturated rings. The molecule has 0 unspecified atom stereocenters. The van der Waals surface area contributed by atoms with Gasteiger partial charge in [0.15, 0.2) is 0 Å². The Bertz CT molecular complexity index is 363. The molecule has 0 atom stereocenters. The van der Waals surface area contributed by atoms with Crippen molar-refractivity contribution in [2.75, 3.05) is 72.7 Å². The van der Waals surface area contributed by atoms with Gasteiger partial charge in [0.25, 0.3) is 0 Å². The molecular formula is C23H44O7. The largest absolute Gasteiger partial charge is 0.460 e. The minimum atomic E-state index is -0.442. The summed E-state index contributed by atoms with van der Waals surface area (Å²) in [5.74, 6) is -0.442. The number of unbranched alkanes of at least 4 members (excludes halogenated alkanes) is 7. The van der Waals surface area contributed by atoms with Crippen molar-refractivity contribution in [2.45, 2.75) is 58.3 Å². The number of ether oxygens (including phenoxy) is 6. The number of carbonyl (C=O) groups excluding carboxylic acids is 1. The summed E-state index contributed by atoms with van der Waals surface area (Å²) < 4.78 is 31.9. The Labute approximate surface area is 183 Å². The van der Waals surface area contributed by atoms with Crippen LogP contribution in [0.15, 0.2) is 12.7 Å². The highest BCUT2D eigenvalue weighted by atomic mass is 16.6. The van der Waals surface area contributed by atoms with Gasteiger partial charge in [-0.25, -0.2) is 4.79 Å². The minimum Gasteiger partial charge on any atom is -0.460 e. The van der Waals surface area contributed by atoms with Crippen molar-refractivity contribution in [1.82, 2.24) is 0 Å². The Balaban J connectivity index is 3.02. The van der Waals surface area contributed by atoms with Crippen LogP contribution >= 0.6 is 0 Å². The van der Waals surface area contributed by atoms with Crippen molar-refractivity contribution in [1.29, 1.82) is 0 Å². The molecule has 0 aliphatic rings. The molecule has 0 aliphatic heterocycles.